The van der Waals surface area contributed by atoms with Gasteiger partial charge in [-0.3, -0.25) is 16.3 Å². The van der Waals surface area contributed by atoms with Gasteiger partial charge in [-0.15, -0.1) is 0 Å². The van der Waals surface area contributed by atoms with E-state index in [-0.39, 0.29) is 11.9 Å². The molecule has 0 aliphatic heterocycles. The van der Waals surface area contributed by atoms with Gasteiger partial charge in [-0.25, -0.2) is 4.39 Å². The standard InChI is InChI=1S/C13H13ClFN3/c14-10-4-5-12(17-8-10)13(18-16)7-9-2-1-3-11(15)6-9/h1-6,8,13,18H,7,16H2. The van der Waals surface area contributed by atoms with Crippen molar-refractivity contribution >= 4 is 11.6 Å². The third-order valence-corrected chi connectivity index (χ3v) is 2.86. The molecule has 1 atom stereocenters. The van der Waals surface area contributed by atoms with Crippen LogP contribution in [0.5, 0.6) is 0 Å². The summed E-state index contributed by atoms with van der Waals surface area (Å²) < 4.78 is 13.1. The quantitative estimate of drug-likeness (QED) is 0.660. The summed E-state index contributed by atoms with van der Waals surface area (Å²) in [7, 11) is 0. The second kappa shape index (κ2) is 5.91. The lowest BCUT2D eigenvalue weighted by molar-refractivity contribution is 0.535. The zero-order valence-electron chi connectivity index (χ0n) is 9.61. The summed E-state index contributed by atoms with van der Waals surface area (Å²) in [5.41, 5.74) is 4.30. The highest BCUT2D eigenvalue weighted by molar-refractivity contribution is 6.30. The van der Waals surface area contributed by atoms with Gasteiger partial charge in [0.2, 0.25) is 0 Å². The van der Waals surface area contributed by atoms with Crippen molar-refractivity contribution in [3.63, 3.8) is 0 Å². The first-order valence-corrected chi connectivity index (χ1v) is 5.89. The Bertz CT molecular complexity index is 516. The largest absolute Gasteiger partial charge is 0.271 e. The molecule has 0 aliphatic rings. The van der Waals surface area contributed by atoms with Gasteiger partial charge in [0.05, 0.1) is 16.8 Å². The number of nitrogens with zero attached hydrogens (tertiary/aromatic N) is 1. The zero-order chi connectivity index (χ0) is 13.0. The van der Waals surface area contributed by atoms with Gasteiger partial charge in [-0.1, -0.05) is 23.7 Å². The van der Waals surface area contributed by atoms with Gasteiger partial charge in [0.1, 0.15) is 5.82 Å². The molecule has 0 fully saturated rings. The van der Waals surface area contributed by atoms with E-state index >= 15 is 0 Å². The minimum Gasteiger partial charge on any atom is -0.271 e. The first-order valence-electron chi connectivity index (χ1n) is 5.51. The molecule has 0 aliphatic carbocycles. The maximum atomic E-state index is 13.1. The van der Waals surface area contributed by atoms with Gasteiger partial charge in [-0.2, -0.15) is 0 Å². The number of aromatic nitrogens is 1. The SMILES string of the molecule is NNC(Cc1cccc(F)c1)c1ccc(Cl)cn1. The number of rotatable bonds is 4. The number of hydrogen-bond acceptors (Lipinski definition) is 3. The number of hydrazine groups is 1. The Balaban J connectivity index is 2.17. The van der Waals surface area contributed by atoms with Crippen molar-refractivity contribution in [2.24, 2.45) is 5.84 Å². The Kier molecular flexibility index (Phi) is 4.25. The second-order valence-electron chi connectivity index (χ2n) is 3.95. The summed E-state index contributed by atoms with van der Waals surface area (Å²) in [5, 5.41) is 0.570. The highest BCUT2D eigenvalue weighted by Gasteiger charge is 2.12. The lowest BCUT2D eigenvalue weighted by Gasteiger charge is -2.15. The van der Waals surface area contributed by atoms with Gasteiger partial charge in [0, 0.05) is 6.20 Å². The highest BCUT2D eigenvalue weighted by Crippen LogP contribution is 2.18. The van der Waals surface area contributed by atoms with Crippen LogP contribution in [-0.4, -0.2) is 4.98 Å². The maximum Gasteiger partial charge on any atom is 0.123 e. The zero-order valence-corrected chi connectivity index (χ0v) is 10.4. The van der Waals surface area contributed by atoms with Crippen LogP contribution in [0.1, 0.15) is 17.3 Å². The number of halogens is 2. The van der Waals surface area contributed by atoms with E-state index in [0.29, 0.717) is 11.4 Å². The van der Waals surface area contributed by atoms with Crippen molar-refractivity contribution in [1.82, 2.24) is 10.4 Å². The Morgan fingerprint density at radius 2 is 2.17 bits per heavy atom. The number of pyridine rings is 1. The average molecular weight is 266 g/mol. The van der Waals surface area contributed by atoms with E-state index < -0.39 is 0 Å². The minimum absolute atomic E-state index is 0.177. The van der Waals surface area contributed by atoms with E-state index in [1.807, 2.05) is 6.07 Å². The lowest BCUT2D eigenvalue weighted by atomic mass is 10.0. The smallest absolute Gasteiger partial charge is 0.123 e. The predicted molar refractivity (Wildman–Crippen MR) is 69.4 cm³/mol. The van der Waals surface area contributed by atoms with Gasteiger partial charge in [-0.05, 0) is 36.2 Å². The summed E-state index contributed by atoms with van der Waals surface area (Å²) in [6.45, 7) is 0. The van der Waals surface area contributed by atoms with Crippen molar-refractivity contribution in [2.75, 3.05) is 0 Å². The fourth-order valence-electron chi connectivity index (χ4n) is 1.74. The first-order chi connectivity index (χ1) is 8.69. The van der Waals surface area contributed by atoms with Crippen molar-refractivity contribution in [3.05, 3.63) is 64.7 Å². The van der Waals surface area contributed by atoms with E-state index in [2.05, 4.69) is 10.4 Å². The van der Waals surface area contributed by atoms with Gasteiger partial charge in [0.15, 0.2) is 0 Å². The lowest BCUT2D eigenvalue weighted by Crippen LogP contribution is -2.30. The topological polar surface area (TPSA) is 50.9 Å². The van der Waals surface area contributed by atoms with Crippen LogP contribution in [0.25, 0.3) is 0 Å². The van der Waals surface area contributed by atoms with Crippen LogP contribution < -0.4 is 11.3 Å². The van der Waals surface area contributed by atoms with Gasteiger partial charge in [0.25, 0.3) is 0 Å². The van der Waals surface area contributed by atoms with Crippen LogP contribution in [-0.2, 0) is 6.42 Å². The van der Waals surface area contributed by atoms with Crippen LogP contribution in [0.15, 0.2) is 42.6 Å². The summed E-state index contributed by atoms with van der Waals surface area (Å²) in [4.78, 5) is 4.20. The Morgan fingerprint density at radius 3 is 2.78 bits per heavy atom. The monoisotopic (exact) mass is 265 g/mol. The summed E-state index contributed by atoms with van der Waals surface area (Å²) in [5.74, 6) is 5.25. The molecule has 0 spiro atoms. The summed E-state index contributed by atoms with van der Waals surface area (Å²) in [6, 6.07) is 9.79. The molecule has 0 bridgehead atoms. The molecule has 0 amide bonds. The Labute approximate surface area is 110 Å². The third-order valence-electron chi connectivity index (χ3n) is 2.64. The molecule has 0 saturated carbocycles. The molecule has 0 saturated heterocycles. The fourth-order valence-corrected chi connectivity index (χ4v) is 1.85. The molecule has 94 valence electrons. The molecule has 2 rings (SSSR count). The predicted octanol–water partition coefficient (Wildman–Crippen LogP) is 2.62. The molecule has 3 N–H and O–H groups in total. The molecule has 5 heteroatoms. The molecule has 1 unspecified atom stereocenters. The first kappa shape index (κ1) is 13.0. The van der Waals surface area contributed by atoms with E-state index in [9.17, 15) is 4.39 Å². The van der Waals surface area contributed by atoms with Gasteiger partial charge >= 0.3 is 0 Å². The summed E-state index contributed by atoms with van der Waals surface area (Å²) in [6.07, 6.45) is 2.12. The molecule has 1 aromatic carbocycles. The van der Waals surface area contributed by atoms with E-state index in [0.717, 1.165) is 11.3 Å². The van der Waals surface area contributed by atoms with Crippen molar-refractivity contribution in [2.45, 2.75) is 12.5 Å². The number of hydrogen-bond donors (Lipinski definition) is 2. The van der Waals surface area contributed by atoms with Crippen molar-refractivity contribution < 1.29 is 4.39 Å². The second-order valence-corrected chi connectivity index (χ2v) is 4.39. The van der Waals surface area contributed by atoms with Crippen LogP contribution >= 0.6 is 11.6 Å². The van der Waals surface area contributed by atoms with Crippen LogP contribution in [0.3, 0.4) is 0 Å². The number of benzene rings is 1. The number of nitrogens with one attached hydrogen (secondary N) is 1. The van der Waals surface area contributed by atoms with Crippen LogP contribution in [0.4, 0.5) is 4.39 Å². The molecule has 18 heavy (non-hydrogen) atoms. The fraction of sp³-hybridized carbons (Fsp3) is 0.154. The third kappa shape index (κ3) is 3.26. The molecule has 2 aromatic rings. The highest BCUT2D eigenvalue weighted by atomic mass is 35.5. The summed E-state index contributed by atoms with van der Waals surface area (Å²) >= 11 is 5.78. The van der Waals surface area contributed by atoms with E-state index in [1.54, 1.807) is 24.4 Å². The molecule has 1 heterocycles. The van der Waals surface area contributed by atoms with Crippen molar-refractivity contribution in [1.29, 1.82) is 0 Å². The minimum atomic E-state index is -0.257. The maximum absolute atomic E-state index is 13.1. The molecule has 1 aromatic heterocycles. The Morgan fingerprint density at radius 1 is 1.33 bits per heavy atom. The molecular weight excluding hydrogens is 253 g/mol. The van der Waals surface area contributed by atoms with Crippen molar-refractivity contribution in [3.8, 4) is 0 Å². The van der Waals surface area contributed by atoms with Crippen LogP contribution in [0.2, 0.25) is 5.02 Å². The normalized spacial score (nSPS) is 12.4. The molecule has 0 radical (unpaired) electrons. The molecular formula is C13H13ClFN3. The molecule has 3 nitrogen and oxygen atoms in total. The number of nitrogens with two attached hydrogens (primary N) is 1. The van der Waals surface area contributed by atoms with E-state index in [4.69, 9.17) is 17.4 Å². The Hall–Kier alpha value is -1.49. The van der Waals surface area contributed by atoms with Gasteiger partial charge < -0.3 is 0 Å². The average Bonchev–Trinajstić information content (AvgIpc) is 2.37. The van der Waals surface area contributed by atoms with E-state index in [1.165, 1.54) is 12.1 Å². The van der Waals surface area contributed by atoms with Crippen LogP contribution in [0, 0.1) is 5.82 Å².